The van der Waals surface area contributed by atoms with Crippen LogP contribution in [-0.2, 0) is 14.3 Å². The monoisotopic (exact) mass is 477 g/mol. The zero-order valence-electron chi connectivity index (χ0n) is 20.7. The predicted octanol–water partition coefficient (Wildman–Crippen LogP) is 4.88. The molecule has 1 aliphatic rings. The number of Topliss-reactive ketones (excluding diaryl/α,β-unsaturated/α-hetero) is 1. The van der Waals surface area contributed by atoms with Gasteiger partial charge in [0.1, 0.15) is 11.9 Å². The van der Waals surface area contributed by atoms with Crippen molar-refractivity contribution in [1.82, 2.24) is 4.98 Å². The Morgan fingerprint density at radius 3 is 2.58 bits per heavy atom. The number of thiazole rings is 1. The van der Waals surface area contributed by atoms with Crippen LogP contribution in [0.1, 0.15) is 77.4 Å². The van der Waals surface area contributed by atoms with Gasteiger partial charge >= 0.3 is 5.97 Å². The lowest BCUT2D eigenvalue weighted by Crippen LogP contribution is -2.45. The van der Waals surface area contributed by atoms with Gasteiger partial charge < -0.3 is 14.9 Å². The lowest BCUT2D eigenvalue weighted by Gasteiger charge is -2.34. The normalized spacial score (nSPS) is 31.8. The number of aromatic nitrogens is 1. The highest BCUT2D eigenvalue weighted by Crippen LogP contribution is 2.32. The zero-order valence-corrected chi connectivity index (χ0v) is 21.5. The van der Waals surface area contributed by atoms with E-state index in [1.54, 1.807) is 32.1 Å². The molecule has 0 unspecified atom stereocenters. The molecule has 1 aromatic heterocycles. The summed E-state index contributed by atoms with van der Waals surface area (Å²) in [7, 11) is 0. The second-order valence-corrected chi connectivity index (χ2v) is 10.9. The van der Waals surface area contributed by atoms with Gasteiger partial charge in [0.15, 0.2) is 0 Å². The van der Waals surface area contributed by atoms with E-state index in [0.717, 1.165) is 35.5 Å². The highest BCUT2D eigenvalue weighted by molar-refractivity contribution is 7.09. The van der Waals surface area contributed by atoms with Crippen molar-refractivity contribution in [1.29, 1.82) is 0 Å². The Morgan fingerprint density at radius 2 is 1.94 bits per heavy atom. The van der Waals surface area contributed by atoms with Gasteiger partial charge in [0.05, 0.1) is 34.7 Å². The molecule has 2 heterocycles. The molecule has 2 rings (SSSR count). The first-order valence-electron chi connectivity index (χ1n) is 11.8. The Bertz CT molecular complexity index is 872. The lowest BCUT2D eigenvalue weighted by molar-refractivity contribution is -0.154. The molecule has 7 heteroatoms. The number of aliphatic hydroxyl groups excluding tert-OH is 2. The van der Waals surface area contributed by atoms with Crippen LogP contribution in [0.25, 0.3) is 6.08 Å². The minimum Gasteiger partial charge on any atom is -0.457 e. The van der Waals surface area contributed by atoms with Crippen molar-refractivity contribution >= 4 is 29.2 Å². The average molecular weight is 478 g/mol. The summed E-state index contributed by atoms with van der Waals surface area (Å²) in [6.45, 7) is 10.8. The Balaban J connectivity index is 2.27. The maximum absolute atomic E-state index is 13.1. The number of carbonyl (C=O) groups excluding carboxylic acids is 2. The van der Waals surface area contributed by atoms with Gasteiger partial charge in [-0.2, -0.15) is 0 Å². The van der Waals surface area contributed by atoms with Crippen LogP contribution in [0, 0.1) is 24.2 Å². The number of ketones is 1. The van der Waals surface area contributed by atoms with Crippen LogP contribution in [0.4, 0.5) is 0 Å². The molecule has 1 aromatic rings. The van der Waals surface area contributed by atoms with Crippen molar-refractivity contribution in [3.05, 3.63) is 33.8 Å². The fourth-order valence-electron chi connectivity index (χ4n) is 4.18. The number of nitrogens with zero attached hydrogens (tertiary/aromatic N) is 1. The van der Waals surface area contributed by atoms with Crippen LogP contribution in [0.5, 0.6) is 0 Å². The highest BCUT2D eigenvalue weighted by atomic mass is 32.1. The molecule has 0 spiro atoms. The Morgan fingerprint density at radius 1 is 1.24 bits per heavy atom. The van der Waals surface area contributed by atoms with Crippen molar-refractivity contribution in [3.63, 3.8) is 0 Å². The SMILES string of the molecule is C/C(=C\c1csc(C)n1)[C@@H]1C/C=C\CCC[C@H](C)[C@H](O)[C@@H](C)C(=O)C(C)(C)[C@@H](O)CC(=O)O1. The summed E-state index contributed by atoms with van der Waals surface area (Å²) < 4.78 is 5.75. The molecule has 0 aromatic carbocycles. The van der Waals surface area contributed by atoms with E-state index in [4.69, 9.17) is 4.74 Å². The van der Waals surface area contributed by atoms with Gasteiger partial charge in [-0.05, 0) is 50.7 Å². The van der Waals surface area contributed by atoms with E-state index in [-0.39, 0.29) is 18.1 Å². The Kier molecular flexibility index (Phi) is 10.0. The Hall–Kier alpha value is -1.83. The van der Waals surface area contributed by atoms with Crippen molar-refractivity contribution in [2.24, 2.45) is 17.3 Å². The van der Waals surface area contributed by atoms with Crippen LogP contribution in [0.15, 0.2) is 23.1 Å². The first-order chi connectivity index (χ1) is 15.4. The molecule has 0 radical (unpaired) electrons. The first kappa shape index (κ1) is 27.4. The van der Waals surface area contributed by atoms with Crippen molar-refractivity contribution in [3.8, 4) is 0 Å². The van der Waals surface area contributed by atoms with Crippen molar-refractivity contribution in [2.45, 2.75) is 92.0 Å². The standard InChI is InChI=1S/C26H39NO5S/c1-16-11-9-7-8-10-12-21(17(2)13-20-15-33-19(4)27-20)32-23(29)14-22(28)26(5,6)25(31)18(3)24(16)30/h8,10,13,15-16,18,21-22,24,28,30H,7,9,11-12,14H2,1-6H3/b10-8-,17-13+/t16-,18+,21-,22-,24-/m0/s1. The second-order valence-electron chi connectivity index (χ2n) is 9.86. The zero-order chi connectivity index (χ0) is 24.8. The third-order valence-electron chi connectivity index (χ3n) is 6.68. The van der Waals surface area contributed by atoms with Gasteiger partial charge in [-0.25, -0.2) is 4.98 Å². The molecule has 6 nitrogen and oxygen atoms in total. The maximum atomic E-state index is 13.1. The fourth-order valence-corrected chi connectivity index (χ4v) is 4.75. The van der Waals surface area contributed by atoms with Gasteiger partial charge in [-0.1, -0.05) is 39.8 Å². The summed E-state index contributed by atoms with van der Waals surface area (Å²) in [5.74, 6) is -1.48. The molecule has 0 amide bonds. The molecule has 2 N–H and O–H groups in total. The van der Waals surface area contributed by atoms with Crippen molar-refractivity contribution < 1.29 is 24.5 Å². The number of hydrogen-bond acceptors (Lipinski definition) is 7. The quantitative estimate of drug-likeness (QED) is 0.466. The number of esters is 1. The lowest BCUT2D eigenvalue weighted by atomic mass is 9.73. The van der Waals surface area contributed by atoms with Crippen LogP contribution in [-0.4, -0.2) is 45.3 Å². The molecule has 0 fully saturated rings. The Labute approximate surface area is 201 Å². The number of carbonyl (C=O) groups is 2. The van der Waals surface area contributed by atoms with Crippen LogP contribution in [0.3, 0.4) is 0 Å². The van der Waals surface area contributed by atoms with E-state index >= 15 is 0 Å². The summed E-state index contributed by atoms with van der Waals surface area (Å²) in [6.07, 6.45) is 6.28. The molecule has 0 saturated carbocycles. The molecule has 0 aliphatic carbocycles. The number of rotatable bonds is 2. The predicted molar refractivity (Wildman–Crippen MR) is 132 cm³/mol. The summed E-state index contributed by atoms with van der Waals surface area (Å²) in [4.78, 5) is 30.3. The minimum atomic E-state index is -1.21. The number of allylic oxidation sites excluding steroid dienone is 1. The van der Waals surface area contributed by atoms with Gasteiger partial charge in [0.25, 0.3) is 0 Å². The van der Waals surface area contributed by atoms with E-state index in [1.165, 1.54) is 0 Å². The van der Waals surface area contributed by atoms with Crippen LogP contribution >= 0.6 is 11.3 Å². The second kappa shape index (κ2) is 12.0. The summed E-state index contributed by atoms with van der Waals surface area (Å²) in [5, 5.41) is 24.4. The summed E-state index contributed by atoms with van der Waals surface area (Å²) in [5.41, 5.74) is 0.513. The summed E-state index contributed by atoms with van der Waals surface area (Å²) >= 11 is 1.56. The number of ether oxygens (including phenoxy) is 1. The molecular formula is C26H39NO5S. The molecular weight excluding hydrogens is 438 g/mol. The third-order valence-corrected chi connectivity index (χ3v) is 7.47. The van der Waals surface area contributed by atoms with E-state index in [1.807, 2.05) is 38.3 Å². The molecule has 184 valence electrons. The van der Waals surface area contributed by atoms with Gasteiger partial charge in [0, 0.05) is 17.7 Å². The molecule has 0 saturated heterocycles. The number of aliphatic hydroxyl groups is 2. The number of cyclic esters (lactones) is 1. The average Bonchev–Trinajstić information content (AvgIpc) is 3.16. The van der Waals surface area contributed by atoms with Crippen LogP contribution in [0.2, 0.25) is 0 Å². The van der Waals surface area contributed by atoms with E-state index < -0.39 is 35.6 Å². The first-order valence-corrected chi connectivity index (χ1v) is 12.7. The maximum Gasteiger partial charge on any atom is 0.309 e. The molecule has 1 aliphatic heterocycles. The van der Waals surface area contributed by atoms with E-state index in [0.29, 0.717) is 6.42 Å². The van der Waals surface area contributed by atoms with Crippen molar-refractivity contribution in [2.75, 3.05) is 0 Å². The summed E-state index contributed by atoms with van der Waals surface area (Å²) in [6, 6.07) is 0. The highest BCUT2D eigenvalue weighted by Gasteiger charge is 2.42. The molecule has 33 heavy (non-hydrogen) atoms. The molecule has 5 atom stereocenters. The van der Waals surface area contributed by atoms with Gasteiger partial charge in [0.2, 0.25) is 0 Å². The largest absolute Gasteiger partial charge is 0.457 e. The van der Waals surface area contributed by atoms with Gasteiger partial charge in [-0.3, -0.25) is 9.59 Å². The van der Waals surface area contributed by atoms with Gasteiger partial charge in [-0.15, -0.1) is 11.3 Å². The minimum absolute atomic E-state index is 0.0392. The molecule has 0 bridgehead atoms. The smallest absolute Gasteiger partial charge is 0.309 e. The van der Waals surface area contributed by atoms with E-state index in [9.17, 15) is 19.8 Å². The van der Waals surface area contributed by atoms with E-state index in [2.05, 4.69) is 11.1 Å². The number of hydrogen-bond donors (Lipinski definition) is 2. The third kappa shape index (κ3) is 7.59. The number of aryl methyl sites for hydroxylation is 1. The topological polar surface area (TPSA) is 96.7 Å². The fraction of sp³-hybridized carbons (Fsp3) is 0.654. The van der Waals surface area contributed by atoms with Crippen LogP contribution < -0.4 is 0 Å².